The zero-order valence-corrected chi connectivity index (χ0v) is 12.9. The number of hydrogen-bond acceptors (Lipinski definition) is 2. The van der Waals surface area contributed by atoms with Crippen LogP contribution >= 0.6 is 0 Å². The fourth-order valence-electron chi connectivity index (χ4n) is 2.58. The number of aliphatic carboxylic acids is 1. The monoisotopic (exact) mass is 266 g/mol. The Labute approximate surface area is 116 Å². The number of aliphatic hydroxyl groups excluding tert-OH is 1. The molecule has 0 saturated carbocycles. The fraction of sp³-hybridized carbons (Fsp3) is 0.688. The zero-order valence-electron chi connectivity index (χ0n) is 12.9. The van der Waals surface area contributed by atoms with Gasteiger partial charge in [-0.3, -0.25) is 4.79 Å². The van der Waals surface area contributed by atoms with Crippen molar-refractivity contribution in [3.05, 3.63) is 23.5 Å². The SMILES string of the molecule is CC(C)(C)C1=CC(CC(=O)O)(C(C)(C)C)CC=C1O. The number of carbonyl (C=O) groups is 1. The summed E-state index contributed by atoms with van der Waals surface area (Å²) in [5, 5.41) is 19.3. The molecular weight excluding hydrogens is 240 g/mol. The summed E-state index contributed by atoms with van der Waals surface area (Å²) in [6, 6.07) is 0. The van der Waals surface area contributed by atoms with Crippen LogP contribution in [0.4, 0.5) is 0 Å². The van der Waals surface area contributed by atoms with E-state index in [1.165, 1.54) is 0 Å². The van der Waals surface area contributed by atoms with Crippen molar-refractivity contribution in [3.8, 4) is 0 Å². The molecular formula is C16H26O3. The van der Waals surface area contributed by atoms with Gasteiger partial charge >= 0.3 is 5.97 Å². The summed E-state index contributed by atoms with van der Waals surface area (Å²) < 4.78 is 0. The molecule has 0 aromatic heterocycles. The van der Waals surface area contributed by atoms with Gasteiger partial charge in [-0.1, -0.05) is 47.6 Å². The summed E-state index contributed by atoms with van der Waals surface area (Å²) in [7, 11) is 0. The summed E-state index contributed by atoms with van der Waals surface area (Å²) in [6.45, 7) is 12.3. The maximum absolute atomic E-state index is 11.2. The molecule has 3 heteroatoms. The summed E-state index contributed by atoms with van der Waals surface area (Å²) >= 11 is 0. The van der Waals surface area contributed by atoms with Crippen LogP contribution in [0.15, 0.2) is 23.5 Å². The molecule has 1 unspecified atom stereocenters. The quantitative estimate of drug-likeness (QED) is 0.783. The molecule has 0 fully saturated rings. The Morgan fingerprint density at radius 3 is 2.16 bits per heavy atom. The van der Waals surface area contributed by atoms with E-state index in [9.17, 15) is 15.0 Å². The van der Waals surface area contributed by atoms with Crippen molar-refractivity contribution >= 4 is 5.97 Å². The predicted octanol–water partition coefficient (Wildman–Crippen LogP) is 4.31. The number of aliphatic hydroxyl groups is 1. The Balaban J connectivity index is 3.37. The maximum atomic E-state index is 11.2. The first kappa shape index (κ1) is 15.8. The number of carboxylic acids is 1. The van der Waals surface area contributed by atoms with Gasteiger partial charge in [-0.2, -0.15) is 0 Å². The first-order chi connectivity index (χ1) is 8.39. The minimum absolute atomic E-state index is 0.0832. The molecule has 0 amide bonds. The van der Waals surface area contributed by atoms with Crippen LogP contribution in [0.25, 0.3) is 0 Å². The van der Waals surface area contributed by atoms with E-state index in [0.29, 0.717) is 6.42 Å². The Hall–Kier alpha value is -1.25. The third kappa shape index (κ3) is 3.20. The van der Waals surface area contributed by atoms with Crippen LogP contribution < -0.4 is 0 Å². The molecule has 1 aliphatic carbocycles. The molecule has 1 atom stereocenters. The van der Waals surface area contributed by atoms with E-state index >= 15 is 0 Å². The lowest BCUT2D eigenvalue weighted by molar-refractivity contribution is -0.140. The van der Waals surface area contributed by atoms with E-state index in [2.05, 4.69) is 20.8 Å². The smallest absolute Gasteiger partial charge is 0.304 e. The summed E-state index contributed by atoms with van der Waals surface area (Å²) in [4.78, 5) is 11.2. The van der Waals surface area contributed by atoms with E-state index < -0.39 is 11.4 Å². The third-order valence-electron chi connectivity index (χ3n) is 4.12. The molecule has 3 nitrogen and oxygen atoms in total. The first-order valence-corrected chi connectivity index (χ1v) is 6.74. The van der Waals surface area contributed by atoms with Gasteiger partial charge in [0.25, 0.3) is 0 Å². The van der Waals surface area contributed by atoms with E-state index in [4.69, 9.17) is 0 Å². The van der Waals surface area contributed by atoms with Crippen LogP contribution in [0.2, 0.25) is 0 Å². The predicted molar refractivity (Wildman–Crippen MR) is 77.0 cm³/mol. The average Bonchev–Trinajstić information content (AvgIpc) is 2.17. The van der Waals surface area contributed by atoms with Crippen LogP contribution in [-0.4, -0.2) is 16.2 Å². The highest BCUT2D eigenvalue weighted by atomic mass is 16.4. The highest BCUT2D eigenvalue weighted by molar-refractivity contribution is 5.68. The molecule has 2 N–H and O–H groups in total. The van der Waals surface area contributed by atoms with Crippen molar-refractivity contribution in [1.29, 1.82) is 0 Å². The first-order valence-electron chi connectivity index (χ1n) is 6.74. The van der Waals surface area contributed by atoms with Crippen LogP contribution in [0.5, 0.6) is 0 Å². The highest BCUT2D eigenvalue weighted by Gasteiger charge is 2.44. The van der Waals surface area contributed by atoms with Crippen molar-refractivity contribution < 1.29 is 15.0 Å². The van der Waals surface area contributed by atoms with Gasteiger partial charge in [-0.05, 0) is 28.9 Å². The summed E-state index contributed by atoms with van der Waals surface area (Å²) in [5.74, 6) is -0.507. The van der Waals surface area contributed by atoms with Crippen molar-refractivity contribution in [2.24, 2.45) is 16.2 Å². The molecule has 0 radical (unpaired) electrons. The minimum atomic E-state index is -0.797. The molecule has 108 valence electrons. The average molecular weight is 266 g/mol. The van der Waals surface area contributed by atoms with Crippen molar-refractivity contribution in [2.75, 3.05) is 0 Å². The summed E-state index contributed by atoms with van der Waals surface area (Å²) in [6.07, 6.45) is 4.42. The van der Waals surface area contributed by atoms with E-state index in [0.717, 1.165) is 5.57 Å². The Morgan fingerprint density at radius 2 is 1.79 bits per heavy atom. The van der Waals surface area contributed by atoms with Gasteiger partial charge < -0.3 is 10.2 Å². The second-order valence-corrected chi connectivity index (χ2v) is 7.58. The summed E-state index contributed by atoms with van der Waals surface area (Å²) in [5.41, 5.74) is 0.0119. The van der Waals surface area contributed by atoms with Gasteiger partial charge in [-0.15, -0.1) is 0 Å². The van der Waals surface area contributed by atoms with Crippen molar-refractivity contribution in [1.82, 2.24) is 0 Å². The second kappa shape index (κ2) is 4.69. The molecule has 0 aliphatic heterocycles. The minimum Gasteiger partial charge on any atom is -0.508 e. The Bertz CT molecular complexity index is 430. The molecule has 0 aromatic carbocycles. The molecule has 0 bridgehead atoms. The van der Waals surface area contributed by atoms with Crippen molar-refractivity contribution in [2.45, 2.75) is 54.4 Å². The lowest BCUT2D eigenvalue weighted by atomic mass is 9.59. The molecule has 1 rings (SSSR count). The molecule has 0 spiro atoms. The van der Waals surface area contributed by atoms with Gasteiger partial charge in [0.05, 0.1) is 6.42 Å². The van der Waals surface area contributed by atoms with Crippen LogP contribution in [0.3, 0.4) is 0 Å². The topological polar surface area (TPSA) is 57.5 Å². The van der Waals surface area contributed by atoms with Crippen LogP contribution in [0, 0.1) is 16.2 Å². The van der Waals surface area contributed by atoms with E-state index in [1.807, 2.05) is 26.8 Å². The number of carboxylic acid groups (broad SMARTS) is 1. The van der Waals surface area contributed by atoms with Gasteiger partial charge in [0.15, 0.2) is 0 Å². The van der Waals surface area contributed by atoms with E-state index in [1.54, 1.807) is 6.08 Å². The number of rotatable bonds is 2. The number of allylic oxidation sites excluding steroid dienone is 3. The van der Waals surface area contributed by atoms with Gasteiger partial charge in [0.2, 0.25) is 0 Å². The normalized spacial score (nSPS) is 24.7. The lowest BCUT2D eigenvalue weighted by Crippen LogP contribution is -2.38. The largest absolute Gasteiger partial charge is 0.508 e. The van der Waals surface area contributed by atoms with Crippen LogP contribution in [0.1, 0.15) is 54.4 Å². The van der Waals surface area contributed by atoms with Gasteiger partial charge in [0, 0.05) is 5.41 Å². The lowest BCUT2D eigenvalue weighted by Gasteiger charge is -2.45. The molecule has 0 heterocycles. The zero-order chi connectivity index (χ0) is 15.1. The molecule has 0 aromatic rings. The molecule has 19 heavy (non-hydrogen) atoms. The third-order valence-corrected chi connectivity index (χ3v) is 4.12. The molecule has 1 aliphatic rings. The second-order valence-electron chi connectivity index (χ2n) is 7.58. The molecule has 0 saturated heterocycles. The van der Waals surface area contributed by atoms with Crippen LogP contribution in [-0.2, 0) is 4.79 Å². The van der Waals surface area contributed by atoms with Crippen molar-refractivity contribution in [3.63, 3.8) is 0 Å². The van der Waals surface area contributed by atoms with Gasteiger partial charge in [0.1, 0.15) is 5.76 Å². The Kier molecular flexibility index (Phi) is 3.91. The standard InChI is InChI=1S/C16H26O3/c1-14(2,3)11-9-16(10-13(18)19,15(4,5)6)8-7-12(11)17/h7,9,17H,8,10H2,1-6H3,(H,18,19). The van der Waals surface area contributed by atoms with E-state index in [-0.39, 0.29) is 23.0 Å². The highest BCUT2D eigenvalue weighted by Crippen LogP contribution is 2.51. The Morgan fingerprint density at radius 1 is 1.26 bits per heavy atom. The fourth-order valence-corrected chi connectivity index (χ4v) is 2.58. The maximum Gasteiger partial charge on any atom is 0.304 e. The number of hydrogen-bond donors (Lipinski definition) is 2. The van der Waals surface area contributed by atoms with Gasteiger partial charge in [-0.25, -0.2) is 0 Å².